The lowest BCUT2D eigenvalue weighted by Crippen LogP contribution is -2.25. The molecule has 1 heterocycles. The van der Waals surface area contributed by atoms with E-state index in [4.69, 9.17) is 10.6 Å². The molecule has 0 saturated heterocycles. The van der Waals surface area contributed by atoms with Crippen molar-refractivity contribution in [2.75, 3.05) is 18.7 Å². The highest BCUT2D eigenvalue weighted by Gasteiger charge is 2.16. The summed E-state index contributed by atoms with van der Waals surface area (Å²) >= 11 is 1.12. The highest BCUT2D eigenvalue weighted by molar-refractivity contribution is 7.99. The number of nitrogens with one attached hydrogen (secondary N) is 1. The molecule has 0 unspecified atom stereocenters. The lowest BCUT2D eigenvalue weighted by molar-refractivity contribution is -0.118. The van der Waals surface area contributed by atoms with Crippen LogP contribution in [0.25, 0.3) is 11.4 Å². The van der Waals surface area contributed by atoms with Crippen molar-refractivity contribution in [2.45, 2.75) is 11.7 Å². The number of nitrogens with zero attached hydrogens (tertiary/aromatic N) is 3. The van der Waals surface area contributed by atoms with Crippen molar-refractivity contribution < 1.29 is 13.9 Å². The van der Waals surface area contributed by atoms with E-state index in [-0.39, 0.29) is 23.0 Å². The van der Waals surface area contributed by atoms with Gasteiger partial charge in [-0.2, -0.15) is 0 Å². The normalized spacial score (nSPS) is 10.6. The van der Waals surface area contributed by atoms with Gasteiger partial charge in [-0.15, -0.1) is 10.2 Å². The zero-order chi connectivity index (χ0) is 19.2. The van der Waals surface area contributed by atoms with Crippen LogP contribution in [0.15, 0.2) is 53.7 Å². The summed E-state index contributed by atoms with van der Waals surface area (Å²) in [6.45, 7) is 0.346. The second-order valence-corrected chi connectivity index (χ2v) is 6.48. The summed E-state index contributed by atoms with van der Waals surface area (Å²) < 4.78 is 20.3. The highest BCUT2D eigenvalue weighted by atomic mass is 32.2. The third-order valence-corrected chi connectivity index (χ3v) is 4.72. The average molecular weight is 387 g/mol. The van der Waals surface area contributed by atoms with E-state index in [0.29, 0.717) is 17.5 Å². The van der Waals surface area contributed by atoms with Crippen LogP contribution in [0.3, 0.4) is 0 Å². The van der Waals surface area contributed by atoms with Crippen molar-refractivity contribution in [1.29, 1.82) is 0 Å². The zero-order valence-electron chi connectivity index (χ0n) is 14.6. The fraction of sp³-hybridized carbons (Fsp3) is 0.167. The molecule has 7 nitrogen and oxygen atoms in total. The van der Waals surface area contributed by atoms with Crippen LogP contribution >= 0.6 is 11.8 Å². The molecule has 0 aliphatic rings. The van der Waals surface area contributed by atoms with Crippen LogP contribution < -0.4 is 15.9 Å². The molecule has 27 heavy (non-hydrogen) atoms. The number of thioether (sulfide) groups is 1. The number of hydrogen-bond donors (Lipinski definition) is 2. The lowest BCUT2D eigenvalue weighted by atomic mass is 10.2. The topological polar surface area (TPSA) is 95.1 Å². The molecule has 0 atom stereocenters. The van der Waals surface area contributed by atoms with Gasteiger partial charge < -0.3 is 15.9 Å². The first-order valence-electron chi connectivity index (χ1n) is 8.07. The molecule has 3 N–H and O–H groups in total. The minimum Gasteiger partial charge on any atom is -0.496 e. The van der Waals surface area contributed by atoms with E-state index in [1.165, 1.54) is 10.7 Å². The van der Waals surface area contributed by atoms with Crippen LogP contribution in [-0.2, 0) is 11.3 Å². The first-order valence-corrected chi connectivity index (χ1v) is 9.05. The number of halogens is 1. The molecule has 140 valence electrons. The predicted molar refractivity (Wildman–Crippen MR) is 101 cm³/mol. The Morgan fingerprint density at radius 1 is 1.22 bits per heavy atom. The van der Waals surface area contributed by atoms with E-state index in [0.717, 1.165) is 17.3 Å². The lowest BCUT2D eigenvalue weighted by Gasteiger charge is -2.09. The van der Waals surface area contributed by atoms with Gasteiger partial charge >= 0.3 is 0 Å². The fourth-order valence-corrected chi connectivity index (χ4v) is 3.11. The minimum atomic E-state index is -0.442. The molecule has 0 spiro atoms. The van der Waals surface area contributed by atoms with Gasteiger partial charge in [-0.3, -0.25) is 4.79 Å². The second kappa shape index (κ2) is 8.54. The van der Waals surface area contributed by atoms with Crippen molar-refractivity contribution in [3.63, 3.8) is 0 Å². The van der Waals surface area contributed by atoms with E-state index in [1.54, 1.807) is 25.3 Å². The Kier molecular flexibility index (Phi) is 5.92. The number of carbonyl (C=O) groups excluding carboxylic acids is 1. The Morgan fingerprint density at radius 2 is 1.96 bits per heavy atom. The molecule has 0 fully saturated rings. The third kappa shape index (κ3) is 4.37. The summed E-state index contributed by atoms with van der Waals surface area (Å²) in [5.74, 6) is 6.32. The summed E-state index contributed by atoms with van der Waals surface area (Å²) in [4.78, 5) is 12.1. The van der Waals surface area contributed by atoms with Gasteiger partial charge in [-0.05, 0) is 18.2 Å². The van der Waals surface area contributed by atoms with E-state index >= 15 is 0 Å². The molecule has 0 radical (unpaired) electrons. The summed E-state index contributed by atoms with van der Waals surface area (Å²) in [6, 6.07) is 13.6. The molecule has 1 aromatic heterocycles. The summed E-state index contributed by atoms with van der Waals surface area (Å²) in [6.07, 6.45) is 0. The maximum absolute atomic E-state index is 13.9. The SMILES string of the molecule is COc1ccccc1CNC(=O)CSc1nnc(-c2ccccc2F)n1N. The molecular formula is C18H18FN5O2S. The van der Waals surface area contributed by atoms with Gasteiger partial charge in [0.1, 0.15) is 11.6 Å². The first kappa shape index (κ1) is 18.7. The summed E-state index contributed by atoms with van der Waals surface area (Å²) in [7, 11) is 1.58. The Morgan fingerprint density at radius 3 is 2.74 bits per heavy atom. The summed E-state index contributed by atoms with van der Waals surface area (Å²) in [5.41, 5.74) is 1.13. The van der Waals surface area contributed by atoms with Crippen LogP contribution in [0.2, 0.25) is 0 Å². The number of nitrogens with two attached hydrogens (primary N) is 1. The smallest absolute Gasteiger partial charge is 0.230 e. The van der Waals surface area contributed by atoms with Crippen LogP contribution in [-0.4, -0.2) is 33.6 Å². The largest absolute Gasteiger partial charge is 0.496 e. The van der Waals surface area contributed by atoms with E-state index in [1.807, 2.05) is 24.3 Å². The number of carbonyl (C=O) groups is 1. The van der Waals surface area contributed by atoms with Crippen LogP contribution in [0.5, 0.6) is 5.75 Å². The van der Waals surface area contributed by atoms with Gasteiger partial charge in [0.05, 0.1) is 18.4 Å². The van der Waals surface area contributed by atoms with Gasteiger partial charge in [0.25, 0.3) is 0 Å². The van der Waals surface area contributed by atoms with Crippen LogP contribution in [0.1, 0.15) is 5.56 Å². The Bertz CT molecular complexity index is 947. The molecule has 2 aromatic carbocycles. The fourth-order valence-electron chi connectivity index (χ4n) is 2.43. The maximum atomic E-state index is 13.9. The highest BCUT2D eigenvalue weighted by Crippen LogP contribution is 2.23. The zero-order valence-corrected chi connectivity index (χ0v) is 15.4. The number of benzene rings is 2. The maximum Gasteiger partial charge on any atom is 0.230 e. The molecule has 1 amide bonds. The first-order chi connectivity index (χ1) is 13.1. The number of aromatic nitrogens is 3. The number of rotatable bonds is 7. The molecule has 0 aliphatic carbocycles. The quantitative estimate of drug-likeness (QED) is 0.477. The Balaban J connectivity index is 1.59. The van der Waals surface area contributed by atoms with Crippen molar-refractivity contribution in [3.05, 3.63) is 59.9 Å². The number of nitrogen functional groups attached to an aromatic ring is 1. The van der Waals surface area contributed by atoms with Crippen molar-refractivity contribution in [2.24, 2.45) is 0 Å². The van der Waals surface area contributed by atoms with E-state index in [9.17, 15) is 9.18 Å². The van der Waals surface area contributed by atoms with Gasteiger partial charge in [0.15, 0.2) is 5.82 Å². The molecular weight excluding hydrogens is 369 g/mol. The third-order valence-electron chi connectivity index (χ3n) is 3.78. The number of methoxy groups -OCH3 is 1. The number of amides is 1. The van der Waals surface area contributed by atoms with Crippen molar-refractivity contribution in [3.8, 4) is 17.1 Å². The molecule has 9 heteroatoms. The Labute approximate surface area is 159 Å². The predicted octanol–water partition coefficient (Wildman–Crippen LogP) is 2.22. The molecule has 0 aliphatic heterocycles. The van der Waals surface area contributed by atoms with Crippen molar-refractivity contribution in [1.82, 2.24) is 20.2 Å². The van der Waals surface area contributed by atoms with Gasteiger partial charge in [0, 0.05) is 12.1 Å². The number of ether oxygens (including phenoxy) is 1. The van der Waals surface area contributed by atoms with Gasteiger partial charge in [0.2, 0.25) is 11.1 Å². The number of para-hydroxylation sites is 1. The van der Waals surface area contributed by atoms with Gasteiger partial charge in [-0.1, -0.05) is 42.1 Å². The molecule has 0 saturated carbocycles. The molecule has 3 aromatic rings. The molecule has 3 rings (SSSR count). The monoisotopic (exact) mass is 387 g/mol. The van der Waals surface area contributed by atoms with Crippen LogP contribution in [0.4, 0.5) is 4.39 Å². The standard InChI is InChI=1S/C18H18FN5O2S/c1-26-15-9-5-2-6-12(15)10-21-16(25)11-27-18-23-22-17(24(18)20)13-7-3-4-8-14(13)19/h2-9H,10-11,20H2,1H3,(H,21,25). The molecule has 0 bridgehead atoms. The summed E-state index contributed by atoms with van der Waals surface area (Å²) in [5, 5.41) is 11.0. The Hall–Kier alpha value is -3.07. The number of hydrogen-bond acceptors (Lipinski definition) is 6. The second-order valence-electron chi connectivity index (χ2n) is 5.53. The average Bonchev–Trinajstić information content (AvgIpc) is 3.05. The van der Waals surface area contributed by atoms with Crippen molar-refractivity contribution >= 4 is 17.7 Å². The van der Waals surface area contributed by atoms with E-state index < -0.39 is 5.82 Å². The van der Waals surface area contributed by atoms with E-state index in [2.05, 4.69) is 15.5 Å². The minimum absolute atomic E-state index is 0.0990. The van der Waals surface area contributed by atoms with Crippen LogP contribution in [0, 0.1) is 5.82 Å². The van der Waals surface area contributed by atoms with Gasteiger partial charge in [-0.25, -0.2) is 9.07 Å².